The normalized spacial score (nSPS) is 12.5. The van der Waals surface area contributed by atoms with Gasteiger partial charge in [0.15, 0.2) is 0 Å². The highest BCUT2D eigenvalue weighted by molar-refractivity contribution is 5.55. The van der Waals surface area contributed by atoms with Crippen LogP contribution < -0.4 is 25.3 Å². The number of benzene rings is 5. The second-order valence-electron chi connectivity index (χ2n) is 11.7. The molecule has 0 bridgehead atoms. The number of aliphatic hydroxyl groups is 1. The molecule has 2 atom stereocenters. The Labute approximate surface area is 272 Å². The van der Waals surface area contributed by atoms with Gasteiger partial charge in [-0.1, -0.05) is 91.0 Å². The predicted molar refractivity (Wildman–Crippen MR) is 186 cm³/mol. The second kappa shape index (κ2) is 15.5. The molecule has 0 amide bonds. The largest absolute Gasteiger partial charge is 0.496 e. The van der Waals surface area contributed by atoms with Crippen LogP contribution in [0.2, 0.25) is 0 Å². The Bertz CT molecular complexity index is 1650. The van der Waals surface area contributed by atoms with Gasteiger partial charge in [-0.2, -0.15) is 0 Å². The Kier molecular flexibility index (Phi) is 11.0. The molecule has 5 aromatic rings. The molecule has 0 saturated heterocycles. The molecule has 6 nitrogen and oxygen atoms in total. The number of hydrogen-bond acceptors (Lipinski definition) is 6. The standard InChI is InChI=1S/C40H44N2O4/c1-27-21-32(16-18-37(27)44-3)40(33-17-19-38(45-4)28(2)22-33)35(23-29-11-7-5-8-12-29)42-25-36(43)31-15-20-39(34(41)24-31)46-26-30-13-9-6-10-14-30/h5-22,24,35-36,40,42-43H,23,25-26,41H2,1-4H3/t35?,36-/m0/s1. The molecule has 0 spiro atoms. The maximum absolute atomic E-state index is 11.4. The number of nitrogens with one attached hydrogen (secondary N) is 1. The summed E-state index contributed by atoms with van der Waals surface area (Å²) >= 11 is 0. The van der Waals surface area contributed by atoms with Gasteiger partial charge in [0.1, 0.15) is 23.9 Å². The Morgan fingerprint density at radius 2 is 1.17 bits per heavy atom. The first-order valence-corrected chi connectivity index (χ1v) is 15.7. The molecule has 6 heteroatoms. The lowest BCUT2D eigenvalue weighted by Crippen LogP contribution is -2.40. The molecule has 0 radical (unpaired) electrons. The summed E-state index contributed by atoms with van der Waals surface area (Å²) in [6.45, 7) is 4.90. The van der Waals surface area contributed by atoms with Gasteiger partial charge < -0.3 is 30.4 Å². The van der Waals surface area contributed by atoms with E-state index in [1.807, 2.05) is 60.7 Å². The molecule has 0 heterocycles. The van der Waals surface area contributed by atoms with Crippen LogP contribution in [0, 0.1) is 13.8 Å². The van der Waals surface area contributed by atoms with Crippen molar-refractivity contribution in [3.63, 3.8) is 0 Å². The fourth-order valence-electron chi connectivity index (χ4n) is 6.04. The maximum Gasteiger partial charge on any atom is 0.142 e. The van der Waals surface area contributed by atoms with E-state index in [-0.39, 0.29) is 12.0 Å². The second-order valence-corrected chi connectivity index (χ2v) is 11.7. The zero-order valence-corrected chi connectivity index (χ0v) is 27.1. The molecule has 0 aliphatic rings. The van der Waals surface area contributed by atoms with Crippen LogP contribution in [0.3, 0.4) is 0 Å². The fraction of sp³-hybridized carbons (Fsp3) is 0.250. The number of ether oxygens (including phenoxy) is 3. The molecular formula is C40H44N2O4. The number of aliphatic hydroxyl groups excluding tert-OH is 1. The first-order valence-electron chi connectivity index (χ1n) is 15.7. The summed E-state index contributed by atoms with van der Waals surface area (Å²) in [4.78, 5) is 0. The quantitative estimate of drug-likeness (QED) is 0.112. The van der Waals surface area contributed by atoms with E-state index >= 15 is 0 Å². The zero-order valence-electron chi connectivity index (χ0n) is 27.1. The van der Waals surface area contributed by atoms with Gasteiger partial charge in [-0.25, -0.2) is 0 Å². The molecule has 0 fully saturated rings. The highest BCUT2D eigenvalue weighted by Crippen LogP contribution is 2.35. The van der Waals surface area contributed by atoms with Crippen LogP contribution in [0.4, 0.5) is 5.69 Å². The Morgan fingerprint density at radius 3 is 1.70 bits per heavy atom. The van der Waals surface area contributed by atoms with Crippen molar-refractivity contribution in [2.75, 3.05) is 26.5 Å². The van der Waals surface area contributed by atoms with E-state index in [2.05, 4.69) is 67.7 Å². The van der Waals surface area contributed by atoms with E-state index in [1.54, 1.807) is 20.3 Å². The molecule has 238 valence electrons. The maximum atomic E-state index is 11.4. The van der Waals surface area contributed by atoms with Crippen molar-refractivity contribution in [1.82, 2.24) is 5.32 Å². The summed E-state index contributed by atoms with van der Waals surface area (Å²) in [6.07, 6.45) is -0.0254. The third-order valence-electron chi connectivity index (χ3n) is 8.49. The molecule has 5 rings (SSSR count). The van der Waals surface area contributed by atoms with E-state index < -0.39 is 6.10 Å². The summed E-state index contributed by atoms with van der Waals surface area (Å²) in [5.74, 6) is 2.27. The van der Waals surface area contributed by atoms with Crippen molar-refractivity contribution < 1.29 is 19.3 Å². The SMILES string of the molecule is COc1ccc(C(c2ccc(OC)c(C)c2)C(Cc2ccccc2)NC[C@H](O)c2ccc(OCc3ccccc3)c(N)c2)cc1C. The third kappa shape index (κ3) is 8.08. The van der Waals surface area contributed by atoms with Crippen LogP contribution in [-0.4, -0.2) is 31.9 Å². The topological polar surface area (TPSA) is 86.0 Å². The van der Waals surface area contributed by atoms with E-state index in [1.165, 1.54) is 5.56 Å². The van der Waals surface area contributed by atoms with Crippen LogP contribution in [0.25, 0.3) is 0 Å². The lowest BCUT2D eigenvalue weighted by Gasteiger charge is -2.31. The molecule has 0 aliphatic carbocycles. The lowest BCUT2D eigenvalue weighted by atomic mass is 9.81. The van der Waals surface area contributed by atoms with Crippen molar-refractivity contribution in [3.05, 3.63) is 154 Å². The van der Waals surface area contributed by atoms with Crippen molar-refractivity contribution in [3.8, 4) is 17.2 Å². The van der Waals surface area contributed by atoms with Crippen LogP contribution in [0.5, 0.6) is 17.2 Å². The van der Waals surface area contributed by atoms with Crippen LogP contribution in [0.15, 0.2) is 115 Å². The van der Waals surface area contributed by atoms with Gasteiger partial charge in [0.05, 0.1) is 26.0 Å². The number of nitrogens with two attached hydrogens (primary N) is 1. The van der Waals surface area contributed by atoms with E-state index in [0.717, 1.165) is 51.3 Å². The smallest absolute Gasteiger partial charge is 0.142 e. The van der Waals surface area contributed by atoms with Crippen molar-refractivity contribution in [2.24, 2.45) is 0 Å². The number of nitrogen functional groups attached to an aromatic ring is 1. The molecule has 1 unspecified atom stereocenters. The highest BCUT2D eigenvalue weighted by atomic mass is 16.5. The van der Waals surface area contributed by atoms with Gasteiger partial charge in [-0.05, 0) is 83.5 Å². The van der Waals surface area contributed by atoms with E-state index in [4.69, 9.17) is 19.9 Å². The summed E-state index contributed by atoms with van der Waals surface area (Å²) in [5, 5.41) is 15.2. The number of rotatable bonds is 14. The first-order chi connectivity index (χ1) is 22.4. The van der Waals surface area contributed by atoms with Crippen LogP contribution >= 0.6 is 0 Å². The summed E-state index contributed by atoms with van der Waals surface area (Å²) < 4.78 is 17.1. The average Bonchev–Trinajstić information content (AvgIpc) is 3.07. The zero-order chi connectivity index (χ0) is 32.5. The number of hydrogen-bond donors (Lipinski definition) is 3. The minimum atomic E-state index is -0.778. The van der Waals surface area contributed by atoms with Crippen LogP contribution in [-0.2, 0) is 13.0 Å². The minimum absolute atomic E-state index is 0.0274. The van der Waals surface area contributed by atoms with E-state index in [9.17, 15) is 5.11 Å². The first kappa shape index (κ1) is 32.6. The van der Waals surface area contributed by atoms with Crippen molar-refractivity contribution in [1.29, 1.82) is 0 Å². The fourth-order valence-corrected chi connectivity index (χ4v) is 6.04. The van der Waals surface area contributed by atoms with Crippen molar-refractivity contribution in [2.45, 2.75) is 44.9 Å². The molecule has 0 aromatic heterocycles. The minimum Gasteiger partial charge on any atom is -0.496 e. The molecule has 4 N–H and O–H groups in total. The van der Waals surface area contributed by atoms with Gasteiger partial charge in [0.25, 0.3) is 0 Å². The summed E-state index contributed by atoms with van der Waals surface area (Å²) in [6, 6.07) is 38.6. The van der Waals surface area contributed by atoms with Gasteiger partial charge >= 0.3 is 0 Å². The lowest BCUT2D eigenvalue weighted by molar-refractivity contribution is 0.168. The number of aryl methyl sites for hydroxylation is 2. The van der Waals surface area contributed by atoms with Gasteiger partial charge in [-0.3, -0.25) is 0 Å². The van der Waals surface area contributed by atoms with E-state index in [0.29, 0.717) is 24.6 Å². The molecule has 0 saturated carbocycles. The predicted octanol–water partition coefficient (Wildman–Crippen LogP) is 7.55. The molecule has 46 heavy (non-hydrogen) atoms. The van der Waals surface area contributed by atoms with Gasteiger partial charge in [0, 0.05) is 18.5 Å². The third-order valence-corrected chi connectivity index (χ3v) is 8.49. The van der Waals surface area contributed by atoms with Gasteiger partial charge in [-0.15, -0.1) is 0 Å². The van der Waals surface area contributed by atoms with Crippen molar-refractivity contribution >= 4 is 5.69 Å². The Morgan fingerprint density at radius 1 is 0.652 bits per heavy atom. The molecular weight excluding hydrogens is 572 g/mol. The van der Waals surface area contributed by atoms with Crippen LogP contribution in [0.1, 0.15) is 51.0 Å². The Hall–Kier alpha value is -4.78. The van der Waals surface area contributed by atoms with Gasteiger partial charge in [0.2, 0.25) is 0 Å². The molecule has 0 aliphatic heterocycles. The monoisotopic (exact) mass is 616 g/mol. The number of anilines is 1. The highest BCUT2D eigenvalue weighted by Gasteiger charge is 2.27. The average molecular weight is 617 g/mol. The summed E-state index contributed by atoms with van der Waals surface area (Å²) in [5.41, 5.74) is 14.3. The Balaban J connectivity index is 1.43. The number of methoxy groups -OCH3 is 2. The summed E-state index contributed by atoms with van der Waals surface area (Å²) in [7, 11) is 3.39. The molecule has 5 aromatic carbocycles.